The van der Waals surface area contributed by atoms with Crippen LogP contribution in [0.5, 0.6) is 0 Å². The van der Waals surface area contributed by atoms with E-state index >= 15 is 0 Å². The average molecular weight is 171 g/mol. The van der Waals surface area contributed by atoms with Gasteiger partial charge >= 0.3 is 0 Å². The second kappa shape index (κ2) is 4.30. The Kier molecular flexibility index (Phi) is 3.34. The van der Waals surface area contributed by atoms with Crippen LogP contribution in [-0.4, -0.2) is 31.8 Å². The van der Waals surface area contributed by atoms with Crippen molar-refractivity contribution in [3.05, 3.63) is 0 Å². The van der Waals surface area contributed by atoms with E-state index in [0.29, 0.717) is 18.2 Å². The summed E-state index contributed by atoms with van der Waals surface area (Å²) in [4.78, 5) is 3.80. The highest BCUT2D eigenvalue weighted by molar-refractivity contribution is 5.77. The van der Waals surface area contributed by atoms with Crippen LogP contribution in [0.4, 0.5) is 0 Å². The molecule has 4 nitrogen and oxygen atoms in total. The Hall–Kier alpha value is -0.770. The lowest BCUT2D eigenvalue weighted by Gasteiger charge is -2.11. The summed E-state index contributed by atoms with van der Waals surface area (Å²) in [6.07, 6.45) is 2.97. The number of aliphatic imine (C=N–C) groups is 1. The number of guanidine groups is 1. The van der Waals surface area contributed by atoms with Gasteiger partial charge in [-0.3, -0.25) is 4.99 Å². The third-order valence-corrected chi connectivity index (χ3v) is 2.07. The standard InChI is InChI=1S/C8H17N3O/c1-6-3-4-7(12-6)5-11-8(9)10-2/h6-7H,3-5H2,1-2H3,(H3,9,10,11)/t6?,7-/m0/s1. The zero-order chi connectivity index (χ0) is 8.97. The maximum atomic E-state index is 5.58. The molecule has 0 saturated carbocycles. The molecule has 0 aromatic carbocycles. The number of nitrogens with two attached hydrogens (primary N) is 1. The molecule has 4 heteroatoms. The molecule has 0 aromatic heterocycles. The van der Waals surface area contributed by atoms with Crippen molar-refractivity contribution in [1.82, 2.24) is 5.32 Å². The third-order valence-electron chi connectivity index (χ3n) is 2.07. The van der Waals surface area contributed by atoms with Gasteiger partial charge in [0.15, 0.2) is 5.96 Å². The first-order valence-corrected chi connectivity index (χ1v) is 4.34. The van der Waals surface area contributed by atoms with Crippen LogP contribution in [0.2, 0.25) is 0 Å². The summed E-state index contributed by atoms with van der Waals surface area (Å²) in [5.74, 6) is 0.484. The van der Waals surface area contributed by atoms with Gasteiger partial charge < -0.3 is 15.8 Å². The van der Waals surface area contributed by atoms with Crippen LogP contribution in [-0.2, 0) is 4.74 Å². The normalized spacial score (nSPS) is 30.7. The van der Waals surface area contributed by atoms with Gasteiger partial charge in [0.25, 0.3) is 0 Å². The molecule has 1 aliphatic rings. The molecular formula is C8H17N3O. The Morgan fingerprint density at radius 2 is 2.42 bits per heavy atom. The first-order chi connectivity index (χ1) is 5.72. The van der Waals surface area contributed by atoms with Gasteiger partial charge in [-0.1, -0.05) is 0 Å². The molecule has 1 unspecified atom stereocenters. The predicted octanol–water partition coefficient (Wildman–Crippen LogP) is 0.0880. The largest absolute Gasteiger partial charge is 0.373 e. The number of hydrogen-bond donors (Lipinski definition) is 2. The van der Waals surface area contributed by atoms with E-state index in [-0.39, 0.29) is 0 Å². The fraction of sp³-hybridized carbons (Fsp3) is 0.875. The zero-order valence-electron chi connectivity index (χ0n) is 7.71. The molecular weight excluding hydrogens is 154 g/mol. The number of nitrogens with zero attached hydrogens (tertiary/aromatic N) is 1. The maximum Gasteiger partial charge on any atom is 0.188 e. The number of nitrogens with one attached hydrogen (secondary N) is 1. The summed E-state index contributed by atoms with van der Waals surface area (Å²) in [5.41, 5.74) is 5.47. The van der Waals surface area contributed by atoms with Crippen LogP contribution in [0.1, 0.15) is 19.8 Å². The molecule has 0 radical (unpaired) electrons. The van der Waals surface area contributed by atoms with Gasteiger partial charge in [-0.2, -0.15) is 0 Å². The van der Waals surface area contributed by atoms with E-state index in [1.807, 2.05) is 0 Å². The SMILES string of the molecule is CN=C(N)NC[C@@H]1CCC(C)O1. The summed E-state index contributed by atoms with van der Waals surface area (Å²) in [6, 6.07) is 0. The monoisotopic (exact) mass is 171 g/mol. The fourth-order valence-corrected chi connectivity index (χ4v) is 1.33. The zero-order valence-corrected chi connectivity index (χ0v) is 7.71. The highest BCUT2D eigenvalue weighted by Gasteiger charge is 2.21. The van der Waals surface area contributed by atoms with E-state index in [9.17, 15) is 0 Å². The molecule has 1 fully saturated rings. The van der Waals surface area contributed by atoms with E-state index in [2.05, 4.69) is 17.2 Å². The predicted molar refractivity (Wildman–Crippen MR) is 49.1 cm³/mol. The van der Waals surface area contributed by atoms with E-state index in [4.69, 9.17) is 10.5 Å². The van der Waals surface area contributed by atoms with Gasteiger partial charge in [0, 0.05) is 13.6 Å². The number of hydrogen-bond acceptors (Lipinski definition) is 2. The molecule has 1 aliphatic heterocycles. The average Bonchev–Trinajstić information content (AvgIpc) is 2.47. The van der Waals surface area contributed by atoms with Gasteiger partial charge in [-0.25, -0.2) is 0 Å². The molecule has 0 amide bonds. The van der Waals surface area contributed by atoms with Crippen LogP contribution in [0.15, 0.2) is 4.99 Å². The van der Waals surface area contributed by atoms with Crippen LogP contribution in [0, 0.1) is 0 Å². The molecule has 0 bridgehead atoms. The van der Waals surface area contributed by atoms with Crippen LogP contribution >= 0.6 is 0 Å². The molecule has 12 heavy (non-hydrogen) atoms. The molecule has 1 saturated heterocycles. The molecule has 1 rings (SSSR count). The minimum absolute atomic E-state index is 0.306. The highest BCUT2D eigenvalue weighted by atomic mass is 16.5. The molecule has 0 spiro atoms. The summed E-state index contributed by atoms with van der Waals surface area (Å²) in [7, 11) is 1.67. The van der Waals surface area contributed by atoms with Crippen molar-refractivity contribution in [2.45, 2.75) is 32.0 Å². The Bertz CT molecular complexity index is 170. The lowest BCUT2D eigenvalue weighted by Crippen LogP contribution is -2.37. The van der Waals surface area contributed by atoms with Crippen molar-refractivity contribution in [2.75, 3.05) is 13.6 Å². The van der Waals surface area contributed by atoms with Crippen molar-refractivity contribution >= 4 is 5.96 Å². The van der Waals surface area contributed by atoms with Crippen LogP contribution in [0.3, 0.4) is 0 Å². The van der Waals surface area contributed by atoms with Crippen molar-refractivity contribution in [3.63, 3.8) is 0 Å². The highest BCUT2D eigenvalue weighted by Crippen LogP contribution is 2.17. The third kappa shape index (κ3) is 2.70. The van der Waals surface area contributed by atoms with Gasteiger partial charge in [0.1, 0.15) is 0 Å². The Morgan fingerprint density at radius 3 is 2.92 bits per heavy atom. The van der Waals surface area contributed by atoms with Crippen molar-refractivity contribution in [2.24, 2.45) is 10.7 Å². The smallest absolute Gasteiger partial charge is 0.188 e. The van der Waals surface area contributed by atoms with Gasteiger partial charge in [-0.15, -0.1) is 0 Å². The van der Waals surface area contributed by atoms with E-state index in [0.717, 1.165) is 19.4 Å². The van der Waals surface area contributed by atoms with Crippen molar-refractivity contribution < 1.29 is 4.74 Å². The molecule has 3 N–H and O–H groups in total. The lowest BCUT2D eigenvalue weighted by molar-refractivity contribution is 0.0586. The van der Waals surface area contributed by atoms with Gasteiger partial charge in [0.05, 0.1) is 12.2 Å². The van der Waals surface area contributed by atoms with Crippen molar-refractivity contribution in [3.8, 4) is 0 Å². The number of ether oxygens (including phenoxy) is 1. The minimum Gasteiger partial charge on any atom is -0.373 e. The van der Waals surface area contributed by atoms with E-state index < -0.39 is 0 Å². The van der Waals surface area contributed by atoms with Gasteiger partial charge in [-0.05, 0) is 19.8 Å². The number of rotatable bonds is 2. The van der Waals surface area contributed by atoms with Gasteiger partial charge in [0.2, 0.25) is 0 Å². The molecule has 0 aromatic rings. The minimum atomic E-state index is 0.306. The Morgan fingerprint density at radius 1 is 1.67 bits per heavy atom. The first-order valence-electron chi connectivity index (χ1n) is 4.34. The summed E-state index contributed by atoms with van der Waals surface area (Å²) in [5, 5.41) is 3.00. The summed E-state index contributed by atoms with van der Waals surface area (Å²) in [6.45, 7) is 2.87. The van der Waals surface area contributed by atoms with Crippen LogP contribution < -0.4 is 11.1 Å². The quantitative estimate of drug-likeness (QED) is 0.457. The Labute approximate surface area is 73.2 Å². The van der Waals surface area contributed by atoms with E-state index in [1.54, 1.807) is 7.05 Å². The molecule has 1 heterocycles. The topological polar surface area (TPSA) is 59.6 Å². The van der Waals surface area contributed by atoms with Crippen molar-refractivity contribution in [1.29, 1.82) is 0 Å². The van der Waals surface area contributed by atoms with Crippen LogP contribution in [0.25, 0.3) is 0 Å². The lowest BCUT2D eigenvalue weighted by atomic mass is 10.2. The molecule has 2 atom stereocenters. The Balaban J connectivity index is 2.16. The second-order valence-corrected chi connectivity index (χ2v) is 3.14. The summed E-state index contributed by atoms with van der Waals surface area (Å²) >= 11 is 0. The molecule has 70 valence electrons. The second-order valence-electron chi connectivity index (χ2n) is 3.14. The fourth-order valence-electron chi connectivity index (χ4n) is 1.33. The van der Waals surface area contributed by atoms with E-state index in [1.165, 1.54) is 0 Å². The first kappa shape index (κ1) is 9.32. The summed E-state index contributed by atoms with van der Waals surface area (Å²) < 4.78 is 5.58. The maximum absolute atomic E-state index is 5.58. The molecule has 0 aliphatic carbocycles.